The Labute approximate surface area is 189 Å². The number of aryl methyl sites for hydroxylation is 1. The van der Waals surface area contributed by atoms with Crippen LogP contribution in [0.3, 0.4) is 0 Å². The second-order valence-corrected chi connectivity index (χ2v) is 10.7. The van der Waals surface area contributed by atoms with Gasteiger partial charge in [0.25, 0.3) is 0 Å². The largest absolute Gasteiger partial charge is 0.485 e. The molecule has 0 radical (unpaired) electrons. The molecule has 32 heavy (non-hydrogen) atoms. The van der Waals surface area contributed by atoms with Crippen LogP contribution in [0.2, 0.25) is 0 Å². The molecular formula is C27H30N2O3. The molecule has 1 saturated heterocycles. The van der Waals surface area contributed by atoms with Crippen LogP contribution < -0.4 is 4.74 Å². The van der Waals surface area contributed by atoms with Crippen molar-refractivity contribution in [1.82, 2.24) is 4.90 Å². The van der Waals surface area contributed by atoms with Gasteiger partial charge in [-0.1, -0.05) is 30.3 Å². The van der Waals surface area contributed by atoms with Crippen molar-refractivity contribution >= 4 is 0 Å². The highest BCUT2D eigenvalue weighted by Crippen LogP contribution is 2.66. The first kappa shape index (κ1) is 20.2. The highest BCUT2D eigenvalue weighted by molar-refractivity contribution is 5.61. The molecule has 4 aliphatic rings. The van der Waals surface area contributed by atoms with Crippen molar-refractivity contribution in [2.24, 2.45) is 5.41 Å². The predicted octanol–water partition coefficient (Wildman–Crippen LogP) is 2.87. The lowest BCUT2D eigenvalue weighted by molar-refractivity contribution is -0.237. The van der Waals surface area contributed by atoms with Crippen LogP contribution in [-0.2, 0) is 18.3 Å². The topological polar surface area (TPSA) is 76.7 Å². The fourth-order valence-corrected chi connectivity index (χ4v) is 7.71. The lowest BCUT2D eigenvalue weighted by Gasteiger charge is -2.64. The number of nitrogens with zero attached hydrogens (tertiary/aromatic N) is 2. The van der Waals surface area contributed by atoms with Gasteiger partial charge >= 0.3 is 0 Å². The number of benzene rings is 2. The molecule has 2 aliphatic carbocycles. The van der Waals surface area contributed by atoms with Gasteiger partial charge < -0.3 is 19.8 Å². The van der Waals surface area contributed by atoms with Gasteiger partial charge in [-0.3, -0.25) is 0 Å². The summed E-state index contributed by atoms with van der Waals surface area (Å²) in [6.45, 7) is 4.94. The molecular weight excluding hydrogens is 400 g/mol. The van der Waals surface area contributed by atoms with Crippen molar-refractivity contribution < 1.29 is 14.9 Å². The molecule has 2 aromatic carbocycles. The van der Waals surface area contributed by atoms with Crippen molar-refractivity contribution in [3.05, 3.63) is 64.2 Å². The van der Waals surface area contributed by atoms with Crippen LogP contribution in [0.1, 0.15) is 47.6 Å². The van der Waals surface area contributed by atoms with E-state index >= 15 is 0 Å². The Kier molecular flexibility index (Phi) is 4.01. The number of aliphatic hydroxyl groups is 2. The molecule has 5 nitrogen and oxygen atoms in total. The highest BCUT2D eigenvalue weighted by atomic mass is 16.5. The SMILES string of the molecule is Cc1ccc(C#N)c2c1[C@]13CCN(C)[C@H](C)C1(O)CC1(Cc4ccccc4C1)C(O)C3O2. The molecule has 5 atom stereocenters. The smallest absolute Gasteiger partial charge is 0.141 e. The molecule has 2 spiro atoms. The third kappa shape index (κ3) is 2.18. The highest BCUT2D eigenvalue weighted by Gasteiger charge is 2.74. The molecule has 6 rings (SSSR count). The van der Waals surface area contributed by atoms with Crippen LogP contribution >= 0.6 is 0 Å². The molecule has 2 N–H and O–H groups in total. The van der Waals surface area contributed by atoms with E-state index in [1.165, 1.54) is 11.1 Å². The third-order valence-electron chi connectivity index (χ3n) is 9.39. The van der Waals surface area contributed by atoms with E-state index < -0.39 is 28.6 Å². The van der Waals surface area contributed by atoms with Crippen LogP contribution in [-0.4, -0.2) is 52.6 Å². The van der Waals surface area contributed by atoms with Crippen LogP contribution in [0.15, 0.2) is 36.4 Å². The molecule has 2 aromatic rings. The van der Waals surface area contributed by atoms with E-state index in [-0.39, 0.29) is 6.04 Å². The van der Waals surface area contributed by atoms with Gasteiger partial charge in [0, 0.05) is 17.0 Å². The first-order chi connectivity index (χ1) is 15.3. The normalized spacial score (nSPS) is 36.6. The van der Waals surface area contributed by atoms with Gasteiger partial charge in [0.05, 0.1) is 22.7 Å². The van der Waals surface area contributed by atoms with Crippen molar-refractivity contribution in [2.45, 2.75) is 68.8 Å². The summed E-state index contributed by atoms with van der Waals surface area (Å²) in [6.07, 6.45) is 1.37. The number of fused-ring (bicyclic) bond motifs is 2. The molecule has 0 bridgehead atoms. The molecule has 0 aromatic heterocycles. The number of hydrogen-bond donors (Lipinski definition) is 2. The van der Waals surface area contributed by atoms with E-state index in [0.717, 1.165) is 30.5 Å². The average molecular weight is 431 g/mol. The van der Waals surface area contributed by atoms with E-state index in [2.05, 4.69) is 37.1 Å². The number of ether oxygens (including phenoxy) is 1. The number of hydrogen-bond acceptors (Lipinski definition) is 5. The Hall–Kier alpha value is -2.39. The van der Waals surface area contributed by atoms with Gasteiger partial charge in [-0.05, 0) is 75.9 Å². The van der Waals surface area contributed by atoms with Crippen LogP contribution in [0, 0.1) is 23.7 Å². The van der Waals surface area contributed by atoms with Crippen molar-refractivity contribution in [1.29, 1.82) is 5.26 Å². The zero-order valence-corrected chi connectivity index (χ0v) is 18.9. The van der Waals surface area contributed by atoms with Crippen molar-refractivity contribution in [3.8, 4) is 11.8 Å². The van der Waals surface area contributed by atoms with Gasteiger partial charge in [0.15, 0.2) is 0 Å². The quantitative estimate of drug-likeness (QED) is 0.672. The lowest BCUT2D eigenvalue weighted by Crippen LogP contribution is -2.77. The number of rotatable bonds is 0. The monoisotopic (exact) mass is 430 g/mol. The zero-order chi connectivity index (χ0) is 22.5. The number of piperidine rings is 1. The van der Waals surface area contributed by atoms with E-state index in [9.17, 15) is 15.5 Å². The molecule has 5 heteroatoms. The maximum atomic E-state index is 12.7. The summed E-state index contributed by atoms with van der Waals surface area (Å²) in [6, 6.07) is 14.3. The summed E-state index contributed by atoms with van der Waals surface area (Å²) in [7, 11) is 2.07. The molecule has 3 unspecified atom stereocenters. The van der Waals surface area contributed by atoms with E-state index in [1.807, 2.05) is 25.1 Å². The number of likely N-dealkylation sites (N-methyl/N-ethyl adjacent to an activating group) is 1. The van der Waals surface area contributed by atoms with Crippen molar-refractivity contribution in [3.63, 3.8) is 0 Å². The van der Waals surface area contributed by atoms with Gasteiger partial charge in [0.2, 0.25) is 0 Å². The van der Waals surface area contributed by atoms with Crippen molar-refractivity contribution in [2.75, 3.05) is 13.6 Å². The molecule has 166 valence electrons. The number of aliphatic hydroxyl groups excluding tert-OH is 1. The summed E-state index contributed by atoms with van der Waals surface area (Å²) in [5, 5.41) is 34.5. The second-order valence-electron chi connectivity index (χ2n) is 10.7. The summed E-state index contributed by atoms with van der Waals surface area (Å²) < 4.78 is 6.57. The minimum atomic E-state index is -1.09. The first-order valence-corrected chi connectivity index (χ1v) is 11.7. The molecule has 0 amide bonds. The zero-order valence-electron chi connectivity index (χ0n) is 18.9. The van der Waals surface area contributed by atoms with E-state index in [1.54, 1.807) is 6.07 Å². The van der Waals surface area contributed by atoms with Gasteiger partial charge in [-0.15, -0.1) is 0 Å². The Balaban J connectivity index is 1.59. The third-order valence-corrected chi connectivity index (χ3v) is 9.39. The summed E-state index contributed by atoms with van der Waals surface area (Å²) in [4.78, 5) is 2.23. The Bertz CT molecular complexity index is 1140. The number of likely N-dealkylation sites (tertiary alicyclic amines) is 1. The maximum Gasteiger partial charge on any atom is 0.141 e. The van der Waals surface area contributed by atoms with Crippen LogP contribution in [0.5, 0.6) is 5.75 Å². The lowest BCUT2D eigenvalue weighted by atomic mass is 9.46. The van der Waals surface area contributed by atoms with Gasteiger partial charge in [-0.25, -0.2) is 0 Å². The summed E-state index contributed by atoms with van der Waals surface area (Å²) >= 11 is 0. The predicted molar refractivity (Wildman–Crippen MR) is 121 cm³/mol. The fourth-order valence-electron chi connectivity index (χ4n) is 7.71. The van der Waals surface area contributed by atoms with Gasteiger partial charge in [-0.2, -0.15) is 5.26 Å². The minimum Gasteiger partial charge on any atom is -0.485 e. The van der Waals surface area contributed by atoms with Gasteiger partial charge in [0.1, 0.15) is 17.9 Å². The summed E-state index contributed by atoms with van der Waals surface area (Å²) in [5.74, 6) is 0.569. The molecule has 2 aliphatic heterocycles. The number of nitriles is 1. The Morgan fingerprint density at radius 1 is 1.16 bits per heavy atom. The minimum absolute atomic E-state index is 0.105. The van der Waals surface area contributed by atoms with Crippen LogP contribution in [0.4, 0.5) is 0 Å². The van der Waals surface area contributed by atoms with E-state index in [0.29, 0.717) is 24.2 Å². The standard InChI is InChI=1S/C27H30N2O3/c1-16-8-9-20(14-28)22-21(16)26-10-11-29(3)17(2)27(26,31)15-25(23(30)24(26)32-22)12-18-6-4-5-7-19(18)13-25/h4-9,17,23-24,30-31H,10-13,15H2,1-3H3/t17-,23?,24?,26+,27?/m1/s1. The Morgan fingerprint density at radius 3 is 2.50 bits per heavy atom. The van der Waals surface area contributed by atoms with E-state index in [4.69, 9.17) is 4.74 Å². The van der Waals surface area contributed by atoms with Crippen LogP contribution in [0.25, 0.3) is 0 Å². The average Bonchev–Trinajstić information content (AvgIpc) is 3.33. The molecule has 2 fully saturated rings. The summed E-state index contributed by atoms with van der Waals surface area (Å²) in [5.41, 5.74) is 2.65. The Morgan fingerprint density at radius 2 is 1.84 bits per heavy atom. The fraction of sp³-hybridized carbons (Fsp3) is 0.519. The molecule has 1 saturated carbocycles. The second kappa shape index (κ2) is 6.35. The molecule has 2 heterocycles. The first-order valence-electron chi connectivity index (χ1n) is 11.7. The maximum absolute atomic E-state index is 12.7.